The molecule has 0 bridgehead atoms. The molecule has 4 rings (SSSR count). The number of hydrogen-bond acceptors (Lipinski definition) is 4. The van der Waals surface area contributed by atoms with Crippen LogP contribution in [0.25, 0.3) is 10.9 Å². The predicted molar refractivity (Wildman–Crippen MR) is 104 cm³/mol. The second kappa shape index (κ2) is 7.51. The number of pyridine rings is 1. The molecule has 6 heteroatoms. The van der Waals surface area contributed by atoms with Crippen LogP contribution in [0, 0.1) is 0 Å². The molecule has 1 N–H and O–H groups in total. The normalized spacial score (nSPS) is 10.7. The molecule has 0 aliphatic carbocycles. The van der Waals surface area contributed by atoms with E-state index in [-0.39, 0.29) is 18.3 Å². The number of carbonyl (C=O) groups excluding carboxylic acids is 1. The number of carbonyl (C=O) groups is 1. The smallest absolute Gasteiger partial charge is 0.291 e. The van der Waals surface area contributed by atoms with Crippen LogP contribution in [0.15, 0.2) is 77.3 Å². The number of fused-ring (bicyclic) bond motifs is 1. The van der Waals surface area contributed by atoms with Crippen LogP contribution >= 0.6 is 11.6 Å². The highest BCUT2D eigenvalue weighted by molar-refractivity contribution is 6.31. The van der Waals surface area contributed by atoms with Crippen LogP contribution in [0.1, 0.15) is 16.3 Å². The number of anilines is 1. The summed E-state index contributed by atoms with van der Waals surface area (Å²) in [6.07, 6.45) is 1.63. The van der Waals surface area contributed by atoms with Crippen LogP contribution in [0.5, 0.6) is 5.75 Å². The van der Waals surface area contributed by atoms with Crippen LogP contribution in [0.4, 0.5) is 5.69 Å². The Balaban J connectivity index is 1.48. The molecule has 27 heavy (non-hydrogen) atoms. The van der Waals surface area contributed by atoms with Gasteiger partial charge in [0.25, 0.3) is 5.91 Å². The summed E-state index contributed by atoms with van der Waals surface area (Å²) < 4.78 is 11.2. The van der Waals surface area contributed by atoms with Crippen molar-refractivity contribution < 1.29 is 13.9 Å². The van der Waals surface area contributed by atoms with Crippen LogP contribution in [0.2, 0.25) is 5.02 Å². The Kier molecular flexibility index (Phi) is 4.77. The van der Waals surface area contributed by atoms with E-state index in [2.05, 4.69) is 10.3 Å². The Morgan fingerprint density at radius 1 is 1.07 bits per heavy atom. The zero-order valence-corrected chi connectivity index (χ0v) is 14.9. The molecule has 134 valence electrons. The minimum Gasteiger partial charge on any atom is -0.486 e. The second-order valence-electron chi connectivity index (χ2n) is 5.84. The number of furan rings is 1. The maximum Gasteiger partial charge on any atom is 0.291 e. The number of rotatable bonds is 5. The quantitative estimate of drug-likeness (QED) is 0.511. The molecular weight excluding hydrogens is 364 g/mol. The Morgan fingerprint density at radius 3 is 2.78 bits per heavy atom. The topological polar surface area (TPSA) is 64.4 Å². The van der Waals surface area contributed by atoms with Gasteiger partial charge in [-0.15, -0.1) is 0 Å². The van der Waals surface area contributed by atoms with Crippen LogP contribution in [-0.4, -0.2) is 10.9 Å². The zero-order chi connectivity index (χ0) is 18.6. The number of ether oxygens (including phenoxy) is 1. The standard InChI is InChI=1S/C21H15ClN2O3/c22-14-6-8-18-17(12-14)19(10-11-23-18)24-21(25)20-9-7-16(27-20)13-26-15-4-2-1-3-5-15/h1-12H,13H2,(H,23,24,25). The van der Waals surface area contributed by atoms with E-state index >= 15 is 0 Å². The lowest BCUT2D eigenvalue weighted by atomic mass is 10.2. The van der Waals surface area contributed by atoms with Crippen molar-refractivity contribution in [3.63, 3.8) is 0 Å². The van der Waals surface area contributed by atoms with Gasteiger partial charge >= 0.3 is 0 Å². The third-order valence-electron chi connectivity index (χ3n) is 3.96. The van der Waals surface area contributed by atoms with Crippen molar-refractivity contribution in [3.8, 4) is 5.75 Å². The maximum atomic E-state index is 12.5. The number of nitrogens with one attached hydrogen (secondary N) is 1. The van der Waals surface area contributed by atoms with E-state index in [1.54, 1.807) is 42.6 Å². The Bertz CT molecular complexity index is 1090. The Labute approximate surface area is 160 Å². The van der Waals surface area contributed by atoms with Gasteiger partial charge in [-0.25, -0.2) is 0 Å². The highest BCUT2D eigenvalue weighted by atomic mass is 35.5. The highest BCUT2D eigenvalue weighted by Crippen LogP contribution is 2.25. The molecule has 0 atom stereocenters. The fourth-order valence-electron chi connectivity index (χ4n) is 2.66. The minimum absolute atomic E-state index is 0.202. The van der Waals surface area contributed by atoms with Crippen molar-refractivity contribution in [3.05, 3.63) is 89.5 Å². The molecule has 2 aromatic carbocycles. The van der Waals surface area contributed by atoms with Gasteiger partial charge in [-0.3, -0.25) is 9.78 Å². The summed E-state index contributed by atoms with van der Waals surface area (Å²) in [4.78, 5) is 16.8. The van der Waals surface area contributed by atoms with Crippen molar-refractivity contribution in [2.45, 2.75) is 6.61 Å². The van der Waals surface area contributed by atoms with Crippen molar-refractivity contribution >= 4 is 34.1 Å². The molecule has 0 aliphatic heterocycles. The third-order valence-corrected chi connectivity index (χ3v) is 4.20. The largest absolute Gasteiger partial charge is 0.486 e. The molecule has 1 amide bonds. The van der Waals surface area contributed by atoms with Gasteiger partial charge in [0.15, 0.2) is 5.76 Å². The molecule has 0 aliphatic rings. The lowest BCUT2D eigenvalue weighted by Gasteiger charge is -2.07. The van der Waals surface area contributed by atoms with Gasteiger partial charge < -0.3 is 14.5 Å². The number of hydrogen-bond donors (Lipinski definition) is 1. The Hall–Kier alpha value is -3.31. The number of benzene rings is 2. The summed E-state index contributed by atoms with van der Waals surface area (Å²) in [5.74, 6) is 1.15. The minimum atomic E-state index is -0.353. The van der Waals surface area contributed by atoms with E-state index in [4.69, 9.17) is 20.8 Å². The van der Waals surface area contributed by atoms with Gasteiger partial charge in [0.05, 0.1) is 11.2 Å². The molecule has 5 nitrogen and oxygen atoms in total. The van der Waals surface area contributed by atoms with E-state index in [9.17, 15) is 4.79 Å². The van der Waals surface area contributed by atoms with Gasteiger partial charge in [-0.2, -0.15) is 0 Å². The van der Waals surface area contributed by atoms with Crippen LogP contribution in [0.3, 0.4) is 0 Å². The van der Waals surface area contributed by atoms with Gasteiger partial charge in [0.2, 0.25) is 0 Å². The first-order valence-corrected chi connectivity index (χ1v) is 8.69. The first-order valence-electron chi connectivity index (χ1n) is 8.31. The maximum absolute atomic E-state index is 12.5. The number of amides is 1. The molecule has 0 unspecified atom stereocenters. The van der Waals surface area contributed by atoms with Crippen molar-refractivity contribution in [2.75, 3.05) is 5.32 Å². The van der Waals surface area contributed by atoms with Crippen molar-refractivity contribution in [1.29, 1.82) is 0 Å². The molecular formula is C21H15ClN2O3. The summed E-state index contributed by atoms with van der Waals surface area (Å²) >= 11 is 6.06. The van der Waals surface area contributed by atoms with Crippen molar-refractivity contribution in [2.24, 2.45) is 0 Å². The van der Waals surface area contributed by atoms with Gasteiger partial charge in [-0.05, 0) is 48.5 Å². The average Bonchev–Trinajstić information content (AvgIpc) is 3.17. The predicted octanol–water partition coefficient (Wildman–Crippen LogP) is 5.31. The average molecular weight is 379 g/mol. The number of para-hydroxylation sites is 1. The highest BCUT2D eigenvalue weighted by Gasteiger charge is 2.14. The molecule has 2 aromatic heterocycles. The second-order valence-corrected chi connectivity index (χ2v) is 6.28. The van der Waals surface area contributed by atoms with Gasteiger partial charge in [0, 0.05) is 16.6 Å². The number of nitrogens with zero attached hydrogens (tertiary/aromatic N) is 1. The van der Waals surface area contributed by atoms with E-state index in [1.807, 2.05) is 30.3 Å². The monoisotopic (exact) mass is 378 g/mol. The SMILES string of the molecule is O=C(Nc1ccnc2ccc(Cl)cc12)c1ccc(COc2ccccc2)o1. The van der Waals surface area contributed by atoms with Crippen LogP contribution < -0.4 is 10.1 Å². The zero-order valence-electron chi connectivity index (χ0n) is 14.2. The summed E-state index contributed by atoms with van der Waals surface area (Å²) in [6, 6.07) is 19.8. The van der Waals surface area contributed by atoms with Crippen LogP contribution in [-0.2, 0) is 6.61 Å². The first-order chi connectivity index (χ1) is 13.2. The van der Waals surface area contributed by atoms with E-state index < -0.39 is 0 Å². The molecule has 0 saturated heterocycles. The summed E-state index contributed by atoms with van der Waals surface area (Å²) in [7, 11) is 0. The summed E-state index contributed by atoms with van der Waals surface area (Å²) in [5.41, 5.74) is 1.36. The van der Waals surface area contributed by atoms with Crippen molar-refractivity contribution in [1.82, 2.24) is 4.98 Å². The molecule has 0 saturated carbocycles. The lowest BCUT2D eigenvalue weighted by Crippen LogP contribution is -2.11. The lowest BCUT2D eigenvalue weighted by molar-refractivity contribution is 0.0993. The fraction of sp³-hybridized carbons (Fsp3) is 0.0476. The third kappa shape index (κ3) is 3.93. The van der Waals surface area contributed by atoms with Gasteiger partial charge in [-0.1, -0.05) is 29.8 Å². The Morgan fingerprint density at radius 2 is 1.93 bits per heavy atom. The number of halogens is 1. The summed E-state index contributed by atoms with van der Waals surface area (Å²) in [6.45, 7) is 0.241. The molecule has 0 spiro atoms. The molecule has 4 aromatic rings. The fourth-order valence-corrected chi connectivity index (χ4v) is 2.83. The van der Waals surface area contributed by atoms with E-state index in [0.29, 0.717) is 16.5 Å². The van der Waals surface area contributed by atoms with Gasteiger partial charge in [0.1, 0.15) is 18.1 Å². The molecule has 0 fully saturated rings. The molecule has 0 radical (unpaired) electrons. The van der Waals surface area contributed by atoms with E-state index in [1.165, 1.54) is 0 Å². The molecule has 2 heterocycles. The first kappa shape index (κ1) is 17.1. The number of aromatic nitrogens is 1. The van der Waals surface area contributed by atoms with E-state index in [0.717, 1.165) is 16.7 Å². The summed E-state index contributed by atoms with van der Waals surface area (Å²) in [5, 5.41) is 4.18.